The molecule has 0 amide bonds. The van der Waals surface area contributed by atoms with Crippen LogP contribution in [0.2, 0.25) is 0 Å². The minimum Gasteiger partial charge on any atom is -0.0916 e. The van der Waals surface area contributed by atoms with Gasteiger partial charge >= 0.3 is 0 Å². The van der Waals surface area contributed by atoms with E-state index < -0.39 is 0 Å². The summed E-state index contributed by atoms with van der Waals surface area (Å²) >= 11 is 0. The predicted octanol–water partition coefficient (Wildman–Crippen LogP) is 3.92. The van der Waals surface area contributed by atoms with Crippen molar-refractivity contribution < 1.29 is 0 Å². The lowest BCUT2D eigenvalue weighted by atomic mass is 9.73. The van der Waals surface area contributed by atoms with Gasteiger partial charge in [-0.05, 0) is 31.6 Å². The smallest absolute Gasteiger partial charge is 0.0291 e. The van der Waals surface area contributed by atoms with Gasteiger partial charge in [0, 0.05) is 0 Å². The first kappa shape index (κ1) is 8.83. The largest absolute Gasteiger partial charge is 0.0916 e. The van der Waals surface area contributed by atoms with Gasteiger partial charge < -0.3 is 0 Å². The third-order valence-electron chi connectivity index (χ3n) is 2.91. The molecule has 0 heterocycles. The van der Waals surface area contributed by atoms with Crippen molar-refractivity contribution in [2.24, 2.45) is 5.41 Å². The lowest BCUT2D eigenvalue weighted by Gasteiger charge is -2.32. The van der Waals surface area contributed by atoms with Crippen LogP contribution in [0.25, 0.3) is 0 Å². The van der Waals surface area contributed by atoms with E-state index in [2.05, 4.69) is 26.0 Å². The van der Waals surface area contributed by atoms with Crippen molar-refractivity contribution in [1.82, 2.24) is 0 Å². The van der Waals surface area contributed by atoms with Crippen LogP contribution in [0.15, 0.2) is 12.2 Å². The zero-order valence-corrected chi connectivity index (χ0v) is 7.90. The Bertz CT molecular complexity index is 127. The van der Waals surface area contributed by atoms with E-state index in [1.54, 1.807) is 0 Å². The molecule has 11 heavy (non-hydrogen) atoms. The molecule has 64 valence electrons. The number of hydrogen-bond acceptors (Lipinski definition) is 0. The van der Waals surface area contributed by atoms with Crippen molar-refractivity contribution in [3.63, 3.8) is 0 Å². The Labute approximate surface area is 70.7 Å². The molecular formula is C11H20. The van der Waals surface area contributed by atoms with E-state index in [0.717, 1.165) is 0 Å². The standard InChI is InChI=1S/C11H20/c1-3-4-8-11(2)9-6-5-7-10-11/h3-4H,5-10H2,1-2H3/b4-3-. The molecule has 0 spiro atoms. The highest BCUT2D eigenvalue weighted by atomic mass is 14.3. The van der Waals surface area contributed by atoms with Crippen molar-refractivity contribution >= 4 is 0 Å². The van der Waals surface area contributed by atoms with E-state index in [1.807, 2.05) is 0 Å². The predicted molar refractivity (Wildman–Crippen MR) is 50.6 cm³/mol. The monoisotopic (exact) mass is 152 g/mol. The fourth-order valence-corrected chi connectivity index (χ4v) is 2.01. The lowest BCUT2D eigenvalue weighted by Crippen LogP contribution is -2.18. The van der Waals surface area contributed by atoms with Gasteiger partial charge in [-0.25, -0.2) is 0 Å². The average Bonchev–Trinajstić information content (AvgIpc) is 2.03. The number of rotatable bonds is 2. The third-order valence-corrected chi connectivity index (χ3v) is 2.91. The molecule has 0 aromatic rings. The summed E-state index contributed by atoms with van der Waals surface area (Å²) in [5.74, 6) is 0. The third kappa shape index (κ3) is 2.69. The fourth-order valence-electron chi connectivity index (χ4n) is 2.01. The van der Waals surface area contributed by atoms with Crippen LogP contribution in [-0.4, -0.2) is 0 Å². The van der Waals surface area contributed by atoms with Gasteiger partial charge in [-0.3, -0.25) is 0 Å². The summed E-state index contributed by atoms with van der Waals surface area (Å²) < 4.78 is 0. The van der Waals surface area contributed by atoms with E-state index in [4.69, 9.17) is 0 Å². The minimum atomic E-state index is 0.644. The van der Waals surface area contributed by atoms with Gasteiger partial charge in [0.25, 0.3) is 0 Å². The van der Waals surface area contributed by atoms with Gasteiger partial charge in [0.15, 0.2) is 0 Å². The van der Waals surface area contributed by atoms with Gasteiger partial charge in [0.1, 0.15) is 0 Å². The van der Waals surface area contributed by atoms with Crippen LogP contribution >= 0.6 is 0 Å². The van der Waals surface area contributed by atoms with Gasteiger partial charge in [-0.1, -0.05) is 38.3 Å². The molecule has 0 saturated heterocycles. The van der Waals surface area contributed by atoms with Gasteiger partial charge in [0.2, 0.25) is 0 Å². The molecule has 1 saturated carbocycles. The van der Waals surface area contributed by atoms with Crippen LogP contribution < -0.4 is 0 Å². The normalized spacial score (nSPS) is 24.2. The SMILES string of the molecule is C/C=C\CC1(C)CCCCC1. The summed E-state index contributed by atoms with van der Waals surface area (Å²) in [5.41, 5.74) is 0.644. The molecule has 0 bridgehead atoms. The molecule has 1 fully saturated rings. The highest BCUT2D eigenvalue weighted by molar-refractivity contribution is 4.88. The summed E-state index contributed by atoms with van der Waals surface area (Å²) in [4.78, 5) is 0. The molecule has 0 heteroatoms. The molecule has 0 N–H and O–H groups in total. The molecular weight excluding hydrogens is 132 g/mol. The first-order chi connectivity index (χ1) is 5.27. The summed E-state index contributed by atoms with van der Waals surface area (Å²) in [6.07, 6.45) is 13.1. The van der Waals surface area contributed by atoms with Crippen LogP contribution in [-0.2, 0) is 0 Å². The summed E-state index contributed by atoms with van der Waals surface area (Å²) in [6.45, 7) is 4.55. The maximum atomic E-state index is 2.44. The Morgan fingerprint density at radius 1 is 1.18 bits per heavy atom. The molecule has 0 aromatic heterocycles. The van der Waals surface area contributed by atoms with Crippen LogP contribution in [0, 0.1) is 5.41 Å². The summed E-state index contributed by atoms with van der Waals surface area (Å²) in [5, 5.41) is 0. The van der Waals surface area contributed by atoms with Crippen LogP contribution in [0.1, 0.15) is 52.4 Å². The lowest BCUT2D eigenvalue weighted by molar-refractivity contribution is 0.219. The molecule has 0 unspecified atom stereocenters. The van der Waals surface area contributed by atoms with Crippen LogP contribution in [0.3, 0.4) is 0 Å². The van der Waals surface area contributed by atoms with Crippen molar-refractivity contribution in [3.05, 3.63) is 12.2 Å². The van der Waals surface area contributed by atoms with Crippen LogP contribution in [0.5, 0.6) is 0 Å². The fraction of sp³-hybridized carbons (Fsp3) is 0.818. The molecule has 1 rings (SSSR count). The van der Waals surface area contributed by atoms with Crippen molar-refractivity contribution in [3.8, 4) is 0 Å². The minimum absolute atomic E-state index is 0.644. The quantitative estimate of drug-likeness (QED) is 0.526. The highest BCUT2D eigenvalue weighted by Crippen LogP contribution is 2.38. The Morgan fingerprint density at radius 2 is 1.82 bits per heavy atom. The van der Waals surface area contributed by atoms with Gasteiger partial charge in [-0.2, -0.15) is 0 Å². The molecule has 0 radical (unpaired) electrons. The number of allylic oxidation sites excluding steroid dienone is 2. The molecule has 0 atom stereocenters. The van der Waals surface area contributed by atoms with Gasteiger partial charge in [0.05, 0.1) is 0 Å². The first-order valence-electron chi connectivity index (χ1n) is 4.88. The number of hydrogen-bond donors (Lipinski definition) is 0. The van der Waals surface area contributed by atoms with Crippen molar-refractivity contribution in [2.45, 2.75) is 52.4 Å². The van der Waals surface area contributed by atoms with E-state index in [-0.39, 0.29) is 0 Å². The Balaban J connectivity index is 2.37. The molecule has 1 aliphatic rings. The van der Waals surface area contributed by atoms with E-state index in [0.29, 0.717) is 5.41 Å². The van der Waals surface area contributed by atoms with Gasteiger partial charge in [-0.15, -0.1) is 0 Å². The van der Waals surface area contributed by atoms with Crippen molar-refractivity contribution in [2.75, 3.05) is 0 Å². The Morgan fingerprint density at radius 3 is 2.36 bits per heavy atom. The average molecular weight is 152 g/mol. The molecule has 0 aromatic carbocycles. The van der Waals surface area contributed by atoms with Crippen molar-refractivity contribution in [1.29, 1.82) is 0 Å². The maximum absolute atomic E-state index is 2.44. The van der Waals surface area contributed by atoms with E-state index in [1.165, 1.54) is 38.5 Å². The van der Waals surface area contributed by atoms with E-state index >= 15 is 0 Å². The highest BCUT2D eigenvalue weighted by Gasteiger charge is 2.24. The first-order valence-corrected chi connectivity index (χ1v) is 4.88. The molecule has 1 aliphatic carbocycles. The second-order valence-corrected chi connectivity index (χ2v) is 4.14. The maximum Gasteiger partial charge on any atom is -0.0291 e. The zero-order chi connectivity index (χ0) is 8.16. The summed E-state index contributed by atoms with van der Waals surface area (Å²) in [6, 6.07) is 0. The Hall–Kier alpha value is -0.260. The van der Waals surface area contributed by atoms with E-state index in [9.17, 15) is 0 Å². The molecule has 0 aliphatic heterocycles. The molecule has 0 nitrogen and oxygen atoms in total. The zero-order valence-electron chi connectivity index (χ0n) is 7.90. The Kier molecular flexibility index (Phi) is 3.16. The topological polar surface area (TPSA) is 0 Å². The second kappa shape index (κ2) is 3.94. The second-order valence-electron chi connectivity index (χ2n) is 4.14. The van der Waals surface area contributed by atoms with Crippen LogP contribution in [0.4, 0.5) is 0 Å². The summed E-state index contributed by atoms with van der Waals surface area (Å²) in [7, 11) is 0.